The first-order valence-corrected chi connectivity index (χ1v) is 17.9. The fourth-order valence-corrected chi connectivity index (χ4v) is 6.41. The van der Waals surface area contributed by atoms with Crippen molar-refractivity contribution >= 4 is 42.5 Å². The predicted molar refractivity (Wildman–Crippen MR) is 183 cm³/mol. The number of carbonyl (C=O) groups excluding carboxylic acids is 5. The second kappa shape index (κ2) is 36.1. The van der Waals surface area contributed by atoms with Gasteiger partial charge in [0.15, 0.2) is 25.0 Å². The number of hydrogen-bond acceptors (Lipinski definition) is 27. The van der Waals surface area contributed by atoms with Crippen molar-refractivity contribution in [3.8, 4) is 0 Å². The van der Waals surface area contributed by atoms with Crippen molar-refractivity contribution in [3.05, 3.63) is 6.61 Å². The number of rotatable bonds is 17. The van der Waals surface area contributed by atoms with E-state index in [4.69, 9.17) is 61.6 Å². The molecular weight excluding hydrogens is 933 g/mol. The molecule has 4 aliphatic rings. The fraction of sp³-hybridized carbons (Fsp3) is 0.812. The molecule has 19 atom stereocenters. The number of ether oxygens (including phenoxy) is 10. The molecule has 0 radical (unpaired) electrons. The van der Waals surface area contributed by atoms with Crippen molar-refractivity contribution in [1.29, 1.82) is 0 Å². The van der Waals surface area contributed by atoms with Crippen LogP contribution in [0.25, 0.3) is 0 Å². The smallest absolute Gasteiger partial charge is 0.769 e. The molecule has 0 saturated carbocycles. The summed E-state index contributed by atoms with van der Waals surface area (Å²) in [6.45, 7) is 0.147. The number of aliphatic hydroxyl groups is 7. The number of carboxylic acids is 2. The third-order valence-electron chi connectivity index (χ3n) is 9.22. The summed E-state index contributed by atoms with van der Waals surface area (Å²) in [5.41, 5.74) is 0. The molecule has 0 aliphatic carbocycles. The number of hydrogen-bond donors (Lipinski definition) is 10. The minimum atomic E-state index is -1.72. The van der Waals surface area contributed by atoms with Crippen molar-refractivity contribution in [1.82, 2.24) is 10.6 Å². The Morgan fingerprint density at radius 2 is 1.09 bits per heavy atom. The monoisotopic (exact) mass is 982 g/mol. The zero-order valence-corrected chi connectivity index (χ0v) is 42.4. The molecule has 19 unspecified atom stereocenters. The number of halogens is 1. The normalized spacial score (nSPS) is 37.7. The van der Waals surface area contributed by atoms with Crippen molar-refractivity contribution in [3.63, 3.8) is 0 Å². The Morgan fingerprint density at radius 3 is 1.48 bits per heavy atom. The van der Waals surface area contributed by atoms with Gasteiger partial charge < -0.3 is 123 Å². The van der Waals surface area contributed by atoms with E-state index >= 15 is 0 Å². The Kier molecular flexibility index (Phi) is 38.6. The summed E-state index contributed by atoms with van der Waals surface area (Å²) in [6.07, 6.45) is -23.2. The molecule has 354 valence electrons. The number of carboxylic acid groups (broad SMARTS) is 2. The molecule has 0 aromatic carbocycles. The molecule has 0 spiro atoms. The zero-order valence-electron chi connectivity index (χ0n) is 35.6. The van der Waals surface area contributed by atoms with Gasteiger partial charge in [-0.3, -0.25) is 0 Å². The third kappa shape index (κ3) is 18.8. The van der Waals surface area contributed by atoms with E-state index in [0.29, 0.717) is 12.6 Å². The third-order valence-corrected chi connectivity index (χ3v) is 9.22. The van der Waals surface area contributed by atoms with E-state index in [2.05, 4.69) is 22.5 Å². The van der Waals surface area contributed by atoms with Crippen molar-refractivity contribution < 1.29 is 215 Å². The Bertz CT molecular complexity index is 1350. The van der Waals surface area contributed by atoms with Crippen LogP contribution >= 0.6 is 11.9 Å². The van der Waals surface area contributed by atoms with Crippen LogP contribution in [0.2, 0.25) is 0 Å². The maximum absolute atomic E-state index is 11.5. The molecular formula is C32H50ClN2Na3O26. The molecule has 0 aromatic rings. The quantitative estimate of drug-likeness (QED) is 0.0367. The van der Waals surface area contributed by atoms with Crippen molar-refractivity contribution in [2.75, 3.05) is 48.1 Å². The zero-order chi connectivity index (χ0) is 46.6. The summed E-state index contributed by atoms with van der Waals surface area (Å²) in [5.74, 6) is -3.13. The molecule has 4 saturated heterocycles. The van der Waals surface area contributed by atoms with Crippen LogP contribution < -0.4 is 109 Å². The number of aldehydes is 2. The molecule has 4 fully saturated rings. The van der Waals surface area contributed by atoms with Gasteiger partial charge in [0.1, 0.15) is 79.9 Å². The Morgan fingerprint density at radius 1 is 0.672 bits per heavy atom. The van der Waals surface area contributed by atoms with Gasteiger partial charge in [0.05, 0.1) is 43.9 Å². The van der Waals surface area contributed by atoms with Gasteiger partial charge in [0.2, 0.25) is 0 Å². The minimum Gasteiger partial charge on any atom is -0.769 e. The van der Waals surface area contributed by atoms with E-state index in [-0.39, 0.29) is 108 Å². The summed E-state index contributed by atoms with van der Waals surface area (Å²) >= 11 is 3.39. The number of carbonyl (C=O) groups is 4. The van der Waals surface area contributed by atoms with E-state index < -0.39 is 135 Å². The van der Waals surface area contributed by atoms with Gasteiger partial charge in [-0.15, -0.1) is 0 Å². The fourth-order valence-electron chi connectivity index (χ4n) is 6.41. The Balaban J connectivity index is -0.00000101. The van der Waals surface area contributed by atoms with E-state index in [9.17, 15) is 65.1 Å². The molecule has 4 rings (SSSR count). The van der Waals surface area contributed by atoms with Crippen LogP contribution in [-0.2, 0) is 76.1 Å². The van der Waals surface area contributed by atoms with E-state index in [1.807, 2.05) is 0 Å². The molecule has 28 nitrogen and oxygen atoms in total. The minimum absolute atomic E-state index is 0. The average molecular weight is 983 g/mol. The molecule has 0 amide bonds. The molecule has 10 N–H and O–H groups in total. The molecule has 64 heavy (non-hydrogen) atoms. The van der Waals surface area contributed by atoms with Gasteiger partial charge in [-0.2, -0.15) is 16.2 Å². The van der Waals surface area contributed by atoms with Gasteiger partial charge >= 0.3 is 101 Å². The van der Waals surface area contributed by atoms with Crippen LogP contribution in [0, 0.1) is 6.61 Å². The van der Waals surface area contributed by atoms with Crippen LogP contribution in [0.15, 0.2) is 0 Å². The summed E-state index contributed by atoms with van der Waals surface area (Å²) < 4.78 is 60.0. The summed E-state index contributed by atoms with van der Waals surface area (Å²) in [5, 5.41) is 97.1. The first-order chi connectivity index (χ1) is 29.1. The van der Waals surface area contributed by atoms with Gasteiger partial charge in [0.25, 0.3) is 0 Å². The molecule has 4 aliphatic heterocycles. The van der Waals surface area contributed by atoms with Gasteiger partial charge in [-0.05, 0) is 6.10 Å². The van der Waals surface area contributed by atoms with Crippen LogP contribution in [0.3, 0.4) is 0 Å². The van der Waals surface area contributed by atoms with Gasteiger partial charge in [0, 0.05) is 28.4 Å². The van der Waals surface area contributed by atoms with E-state index in [1.54, 1.807) is 0 Å². The Labute approximate surface area is 436 Å². The molecule has 0 aromatic heterocycles. The van der Waals surface area contributed by atoms with Crippen LogP contribution in [-0.4, -0.2) is 236 Å². The first-order valence-electron chi connectivity index (χ1n) is 17.6. The second-order valence-electron chi connectivity index (χ2n) is 12.7. The topological polar surface area (TPSA) is 427 Å². The number of methoxy groups -OCH3 is 4. The number of nitrogens with one attached hydrogen (secondary N) is 2. The number of aliphatic carboxylic acids is 2. The second-order valence-corrected chi connectivity index (χ2v) is 12.7. The van der Waals surface area contributed by atoms with E-state index in [1.165, 1.54) is 14.2 Å². The number of aliphatic hydroxyl groups excluding tert-OH is 7. The molecule has 32 heteroatoms. The summed E-state index contributed by atoms with van der Waals surface area (Å²) in [6, 6.07) is -1.84. The maximum atomic E-state index is 11.5. The molecule has 0 bridgehead atoms. The predicted octanol–water partition coefficient (Wildman–Crippen LogP) is -19.0. The van der Waals surface area contributed by atoms with Crippen molar-refractivity contribution in [2.45, 2.75) is 117 Å². The van der Waals surface area contributed by atoms with Crippen molar-refractivity contribution in [2.24, 2.45) is 0 Å². The standard InChI is InChI=1S/C16H27NO12.C15H24NO11.CO2.ClO.3Na/c1-25-12-9(21)10(22)16(29-13(12)14(23)24)28-11-7(17-3-4-18)15(26-2)27-6(5-19)8(11)20;1-23-11-8(19)9(20)15(27-12(11)13(21)22)26-10-6(18)5-25-14(24-2)7(10)16-3-4-17;2-1-3;1-2;;;/h4,6-13,15-17,19-22H,3,5H2,1-2H3,(H,23,24);4-12,14-16,18-20H,3H2,1-2H3,(H,21,22);;;;;/q;-1;;-1;3*+1/p-1. The van der Waals surface area contributed by atoms with Gasteiger partial charge in [-0.1, -0.05) is 0 Å². The maximum Gasteiger partial charge on any atom is 1.00 e. The SMILES string of the molecule is COC1OC(CO)C(O)C(OC2OC(C(=O)O)C(OC)C(O)C2O)C1NCC=O.COC1O[CH-]C(O)C(OC2OC(C(=O)[O-])C(OC)C(O)C2O)C1NCC=O.O=C=O.[Na+].[Na+].[Na+].[O-]Cl. The summed E-state index contributed by atoms with van der Waals surface area (Å²) in [7, 11) is 4.91. The van der Waals surface area contributed by atoms with Crippen LogP contribution in [0.5, 0.6) is 0 Å². The largest absolute Gasteiger partial charge is 1.00 e. The first kappa shape index (κ1) is 68.4. The van der Waals surface area contributed by atoms with Crippen LogP contribution in [0.4, 0.5) is 0 Å². The Hall–Kier alpha value is 0.150. The average Bonchev–Trinajstić information content (AvgIpc) is 3.25. The molecule has 4 heterocycles. The van der Waals surface area contributed by atoms with Gasteiger partial charge in [-0.25, -0.2) is 16.7 Å². The van der Waals surface area contributed by atoms with E-state index in [0.717, 1.165) is 20.8 Å². The van der Waals surface area contributed by atoms with Crippen LogP contribution in [0.1, 0.15) is 0 Å². The summed E-state index contributed by atoms with van der Waals surface area (Å²) in [4.78, 5) is 60.4.